The lowest BCUT2D eigenvalue weighted by molar-refractivity contribution is -0.359. The fraction of sp³-hybridized carbons (Fsp3) is 1.00. The molecule has 3 nitrogen and oxygen atoms in total. The molecule has 0 aromatic rings. The summed E-state index contributed by atoms with van der Waals surface area (Å²) in [7, 11) is 4.93. The lowest BCUT2D eigenvalue weighted by Crippen LogP contribution is -2.38. The summed E-state index contributed by atoms with van der Waals surface area (Å²) < 4.78 is 16.3. The summed E-state index contributed by atoms with van der Waals surface area (Å²) >= 11 is 4.32. The lowest BCUT2D eigenvalue weighted by Gasteiger charge is -2.32. The van der Waals surface area contributed by atoms with Gasteiger partial charge in [0.1, 0.15) is 0 Å². The molecule has 0 bridgehead atoms. The van der Waals surface area contributed by atoms with Gasteiger partial charge in [0.25, 0.3) is 5.97 Å². The molecule has 0 aromatic heterocycles. The molecule has 0 N–H and O–H groups in total. The minimum absolute atomic E-state index is 0.573. The zero-order chi connectivity index (χ0) is 15.3. The van der Waals surface area contributed by atoms with Crippen molar-refractivity contribution in [3.05, 3.63) is 0 Å². The summed E-state index contributed by atoms with van der Waals surface area (Å²) in [4.78, 5) is 0. The van der Waals surface area contributed by atoms with E-state index < -0.39 is 5.97 Å². The molecule has 0 fully saturated rings. The topological polar surface area (TPSA) is 27.7 Å². The lowest BCUT2D eigenvalue weighted by atomic mass is 9.92. The molecule has 1 unspecified atom stereocenters. The van der Waals surface area contributed by atoms with E-state index in [9.17, 15) is 0 Å². The quantitative estimate of drug-likeness (QED) is 0.287. The Kier molecular flexibility index (Phi) is 13.1. The summed E-state index contributed by atoms with van der Waals surface area (Å²) in [5.74, 6) is 0.625. The van der Waals surface area contributed by atoms with Crippen LogP contribution in [0.2, 0.25) is 0 Å². The second-order valence-corrected chi connectivity index (χ2v) is 5.88. The van der Waals surface area contributed by atoms with Crippen LogP contribution in [0.25, 0.3) is 0 Å². The number of thiol groups is 1. The van der Waals surface area contributed by atoms with Crippen molar-refractivity contribution in [2.75, 3.05) is 27.1 Å². The van der Waals surface area contributed by atoms with Crippen LogP contribution >= 0.6 is 12.6 Å². The Morgan fingerprint density at radius 1 is 0.850 bits per heavy atom. The highest BCUT2D eigenvalue weighted by molar-refractivity contribution is 7.80. The molecule has 0 amide bonds. The molecule has 122 valence electrons. The van der Waals surface area contributed by atoms with Crippen molar-refractivity contribution >= 4 is 12.6 Å². The predicted molar refractivity (Wildman–Crippen MR) is 88.3 cm³/mol. The Morgan fingerprint density at radius 3 is 1.90 bits per heavy atom. The molecule has 0 radical (unpaired) electrons. The van der Waals surface area contributed by atoms with E-state index in [0.717, 1.165) is 25.0 Å². The third-order valence-corrected chi connectivity index (χ3v) is 4.27. The summed E-state index contributed by atoms with van der Waals surface area (Å²) in [6.45, 7) is 2.25. The standard InChI is InChI=1S/C16H34O3S/c1-5-6-7-8-9-11-15(12-10-13-20)14-16(17-2,18-3)19-4/h15,20H,5-14H2,1-4H3. The molecule has 0 aliphatic heterocycles. The first-order chi connectivity index (χ1) is 9.67. The van der Waals surface area contributed by atoms with Gasteiger partial charge in [0.05, 0.1) is 0 Å². The van der Waals surface area contributed by atoms with Crippen LogP contribution in [-0.2, 0) is 14.2 Å². The molecule has 0 saturated carbocycles. The van der Waals surface area contributed by atoms with Gasteiger partial charge in [0.15, 0.2) is 0 Å². The van der Waals surface area contributed by atoms with E-state index in [0.29, 0.717) is 5.92 Å². The SMILES string of the molecule is CCCCCCCC(CCCS)CC(OC)(OC)OC. The maximum absolute atomic E-state index is 5.43. The summed E-state index contributed by atoms with van der Waals surface area (Å²) in [5.41, 5.74) is 0. The Balaban J connectivity index is 4.24. The Morgan fingerprint density at radius 2 is 1.40 bits per heavy atom. The average molecular weight is 307 g/mol. The molecular formula is C16H34O3S. The molecule has 1 atom stereocenters. The maximum Gasteiger partial charge on any atom is 0.282 e. The number of unbranched alkanes of at least 4 members (excludes halogenated alkanes) is 4. The molecule has 0 spiro atoms. The second kappa shape index (κ2) is 12.9. The second-order valence-electron chi connectivity index (χ2n) is 5.43. The van der Waals surface area contributed by atoms with Crippen molar-refractivity contribution in [3.8, 4) is 0 Å². The van der Waals surface area contributed by atoms with Crippen molar-refractivity contribution in [1.29, 1.82) is 0 Å². The smallest absolute Gasteiger partial charge is 0.282 e. The minimum atomic E-state index is -0.884. The first kappa shape index (κ1) is 20.2. The largest absolute Gasteiger partial charge is 0.331 e. The van der Waals surface area contributed by atoms with Gasteiger partial charge in [0.2, 0.25) is 0 Å². The minimum Gasteiger partial charge on any atom is -0.331 e. The van der Waals surface area contributed by atoms with Crippen LogP contribution < -0.4 is 0 Å². The molecule has 0 aliphatic rings. The van der Waals surface area contributed by atoms with E-state index in [2.05, 4.69) is 19.6 Å². The number of ether oxygens (including phenoxy) is 3. The monoisotopic (exact) mass is 306 g/mol. The summed E-state index contributed by atoms with van der Waals surface area (Å²) in [6, 6.07) is 0. The van der Waals surface area contributed by atoms with Gasteiger partial charge < -0.3 is 14.2 Å². The molecule has 0 aromatic carbocycles. The Labute approximate surface area is 131 Å². The van der Waals surface area contributed by atoms with E-state index in [1.54, 1.807) is 21.3 Å². The van der Waals surface area contributed by atoms with Crippen molar-refractivity contribution in [3.63, 3.8) is 0 Å². The summed E-state index contributed by atoms with van der Waals surface area (Å²) in [6.07, 6.45) is 10.9. The average Bonchev–Trinajstić information content (AvgIpc) is 2.49. The summed E-state index contributed by atoms with van der Waals surface area (Å²) in [5, 5.41) is 0. The van der Waals surface area contributed by atoms with E-state index in [4.69, 9.17) is 14.2 Å². The van der Waals surface area contributed by atoms with Crippen molar-refractivity contribution in [2.24, 2.45) is 5.92 Å². The predicted octanol–water partition coefficient (Wildman–Crippen LogP) is 4.66. The molecule has 0 heterocycles. The third-order valence-electron chi connectivity index (χ3n) is 3.96. The number of methoxy groups -OCH3 is 3. The van der Waals surface area contributed by atoms with Gasteiger partial charge in [-0.05, 0) is 24.5 Å². The van der Waals surface area contributed by atoms with E-state index in [1.807, 2.05) is 0 Å². The third kappa shape index (κ3) is 8.50. The fourth-order valence-electron chi connectivity index (χ4n) is 2.62. The van der Waals surface area contributed by atoms with Crippen LogP contribution in [0.1, 0.15) is 64.7 Å². The van der Waals surface area contributed by atoms with Gasteiger partial charge in [-0.15, -0.1) is 0 Å². The normalized spacial score (nSPS) is 13.7. The van der Waals surface area contributed by atoms with Gasteiger partial charge in [-0.2, -0.15) is 12.6 Å². The Bertz CT molecular complexity index is 200. The van der Waals surface area contributed by atoms with Crippen LogP contribution in [0.3, 0.4) is 0 Å². The van der Waals surface area contributed by atoms with E-state index >= 15 is 0 Å². The highest BCUT2D eigenvalue weighted by atomic mass is 32.1. The Hall–Kier alpha value is 0.230. The highest BCUT2D eigenvalue weighted by Crippen LogP contribution is 2.29. The van der Waals surface area contributed by atoms with Crippen molar-refractivity contribution in [2.45, 2.75) is 70.7 Å². The first-order valence-corrected chi connectivity index (χ1v) is 8.57. The van der Waals surface area contributed by atoms with Gasteiger partial charge in [-0.1, -0.05) is 45.4 Å². The van der Waals surface area contributed by atoms with Gasteiger partial charge in [-0.3, -0.25) is 0 Å². The van der Waals surface area contributed by atoms with Crippen molar-refractivity contribution < 1.29 is 14.2 Å². The fourth-order valence-corrected chi connectivity index (χ4v) is 2.80. The van der Waals surface area contributed by atoms with Crippen LogP contribution in [0.4, 0.5) is 0 Å². The van der Waals surface area contributed by atoms with Crippen LogP contribution in [0.5, 0.6) is 0 Å². The van der Waals surface area contributed by atoms with Crippen LogP contribution in [0, 0.1) is 5.92 Å². The highest BCUT2D eigenvalue weighted by Gasteiger charge is 2.32. The van der Waals surface area contributed by atoms with Crippen LogP contribution in [-0.4, -0.2) is 33.1 Å². The maximum atomic E-state index is 5.43. The number of hydrogen-bond donors (Lipinski definition) is 1. The van der Waals surface area contributed by atoms with Crippen LogP contribution in [0.15, 0.2) is 0 Å². The van der Waals surface area contributed by atoms with Crippen molar-refractivity contribution in [1.82, 2.24) is 0 Å². The molecule has 0 saturated heterocycles. The van der Waals surface area contributed by atoms with E-state index in [1.165, 1.54) is 38.5 Å². The molecular weight excluding hydrogens is 272 g/mol. The molecule has 20 heavy (non-hydrogen) atoms. The number of rotatable bonds is 14. The zero-order valence-electron chi connectivity index (χ0n) is 13.8. The van der Waals surface area contributed by atoms with E-state index in [-0.39, 0.29) is 0 Å². The van der Waals surface area contributed by atoms with Gasteiger partial charge in [0, 0.05) is 27.8 Å². The first-order valence-electron chi connectivity index (χ1n) is 7.94. The van der Waals surface area contributed by atoms with Gasteiger partial charge in [-0.25, -0.2) is 0 Å². The number of hydrogen-bond acceptors (Lipinski definition) is 4. The zero-order valence-corrected chi connectivity index (χ0v) is 14.7. The molecule has 0 aliphatic carbocycles. The molecule has 0 rings (SSSR count). The molecule has 4 heteroatoms. The van der Waals surface area contributed by atoms with Gasteiger partial charge >= 0.3 is 0 Å².